The summed E-state index contributed by atoms with van der Waals surface area (Å²) in [6, 6.07) is 12.2. The Morgan fingerprint density at radius 3 is 2.32 bits per heavy atom. The highest BCUT2D eigenvalue weighted by molar-refractivity contribution is 5.73. The van der Waals surface area contributed by atoms with Gasteiger partial charge in [-0.25, -0.2) is 0 Å². The quantitative estimate of drug-likeness (QED) is 0.836. The molecule has 5 heteroatoms. The lowest BCUT2D eigenvalue weighted by molar-refractivity contribution is 0.0545. The molecule has 2 aromatic carbocycles. The molecule has 0 radical (unpaired) electrons. The molecule has 0 amide bonds. The minimum atomic E-state index is 0.285. The van der Waals surface area contributed by atoms with E-state index in [1.165, 1.54) is 0 Å². The number of ether oxygens (including phenoxy) is 4. The van der Waals surface area contributed by atoms with Crippen LogP contribution in [0, 0.1) is 0 Å². The van der Waals surface area contributed by atoms with Crippen LogP contribution in [0.2, 0.25) is 0 Å². The van der Waals surface area contributed by atoms with E-state index in [4.69, 9.17) is 18.9 Å². The van der Waals surface area contributed by atoms with E-state index >= 15 is 0 Å². The van der Waals surface area contributed by atoms with Gasteiger partial charge in [0.15, 0.2) is 11.5 Å². The van der Waals surface area contributed by atoms with Gasteiger partial charge in [0.25, 0.3) is 0 Å². The fourth-order valence-corrected chi connectivity index (χ4v) is 3.14. The standard InChI is InChI=1S/C20H25NO4/c1-22-18-10-15(11-19(23-2)20(18)24-3)17-7-5-4-6-14(17)13-25-16-8-9-21-12-16/h4-7,10-11,16,21H,8-9,12-13H2,1-3H3. The molecule has 1 saturated heterocycles. The Morgan fingerprint density at radius 1 is 1.00 bits per heavy atom. The van der Waals surface area contributed by atoms with Crippen LogP contribution in [0.25, 0.3) is 11.1 Å². The lowest BCUT2D eigenvalue weighted by Crippen LogP contribution is -2.16. The molecule has 0 spiro atoms. The van der Waals surface area contributed by atoms with Crippen molar-refractivity contribution in [1.29, 1.82) is 0 Å². The van der Waals surface area contributed by atoms with Crippen molar-refractivity contribution < 1.29 is 18.9 Å². The molecule has 0 bridgehead atoms. The summed E-state index contributed by atoms with van der Waals surface area (Å²) in [5, 5.41) is 3.33. The molecule has 1 heterocycles. The molecule has 1 fully saturated rings. The minimum Gasteiger partial charge on any atom is -0.493 e. The Hall–Kier alpha value is -2.24. The molecule has 0 aliphatic carbocycles. The van der Waals surface area contributed by atoms with Gasteiger partial charge in [0.2, 0.25) is 5.75 Å². The van der Waals surface area contributed by atoms with E-state index in [0.717, 1.165) is 36.2 Å². The average molecular weight is 343 g/mol. The number of hydrogen-bond acceptors (Lipinski definition) is 5. The van der Waals surface area contributed by atoms with Crippen LogP contribution >= 0.6 is 0 Å². The first-order valence-electron chi connectivity index (χ1n) is 8.47. The van der Waals surface area contributed by atoms with E-state index in [1.807, 2.05) is 24.3 Å². The van der Waals surface area contributed by atoms with Gasteiger partial charge in [-0.3, -0.25) is 0 Å². The molecule has 25 heavy (non-hydrogen) atoms. The first kappa shape index (κ1) is 17.6. The third-order valence-corrected chi connectivity index (χ3v) is 4.48. The molecule has 134 valence electrons. The molecule has 1 N–H and O–H groups in total. The largest absolute Gasteiger partial charge is 0.493 e. The van der Waals surface area contributed by atoms with Crippen LogP contribution < -0.4 is 19.5 Å². The maximum absolute atomic E-state index is 6.06. The van der Waals surface area contributed by atoms with Crippen molar-refractivity contribution in [3.8, 4) is 28.4 Å². The number of methoxy groups -OCH3 is 3. The summed E-state index contributed by atoms with van der Waals surface area (Å²) in [6.07, 6.45) is 1.35. The zero-order chi connectivity index (χ0) is 17.6. The number of rotatable bonds is 7. The average Bonchev–Trinajstić information content (AvgIpc) is 3.19. The van der Waals surface area contributed by atoms with Gasteiger partial charge in [0.1, 0.15) is 0 Å². The zero-order valence-electron chi connectivity index (χ0n) is 15.0. The molecule has 0 aromatic heterocycles. The minimum absolute atomic E-state index is 0.285. The third kappa shape index (κ3) is 3.89. The molecule has 3 rings (SSSR count). The molecule has 1 atom stereocenters. The summed E-state index contributed by atoms with van der Waals surface area (Å²) >= 11 is 0. The second kappa shape index (κ2) is 8.23. The summed E-state index contributed by atoms with van der Waals surface area (Å²) in [7, 11) is 4.86. The lowest BCUT2D eigenvalue weighted by Gasteiger charge is -2.17. The van der Waals surface area contributed by atoms with Gasteiger partial charge in [-0.1, -0.05) is 24.3 Å². The van der Waals surface area contributed by atoms with Crippen LogP contribution in [0.3, 0.4) is 0 Å². The van der Waals surface area contributed by atoms with E-state index < -0.39 is 0 Å². The van der Waals surface area contributed by atoms with Crippen molar-refractivity contribution >= 4 is 0 Å². The first-order valence-corrected chi connectivity index (χ1v) is 8.47. The fraction of sp³-hybridized carbons (Fsp3) is 0.400. The van der Waals surface area contributed by atoms with E-state index in [2.05, 4.69) is 17.4 Å². The van der Waals surface area contributed by atoms with Crippen LogP contribution in [-0.4, -0.2) is 40.5 Å². The predicted molar refractivity (Wildman–Crippen MR) is 97.6 cm³/mol. The molecule has 2 aromatic rings. The zero-order valence-corrected chi connectivity index (χ0v) is 15.0. The Bertz CT molecular complexity index is 686. The van der Waals surface area contributed by atoms with Crippen molar-refractivity contribution in [3.05, 3.63) is 42.0 Å². The van der Waals surface area contributed by atoms with E-state index in [-0.39, 0.29) is 6.10 Å². The van der Waals surface area contributed by atoms with Gasteiger partial charge in [0.05, 0.1) is 34.0 Å². The lowest BCUT2D eigenvalue weighted by atomic mass is 9.99. The Labute approximate surface area is 148 Å². The molecule has 0 saturated carbocycles. The fourth-order valence-electron chi connectivity index (χ4n) is 3.14. The Balaban J connectivity index is 1.93. The second-order valence-electron chi connectivity index (χ2n) is 6.00. The second-order valence-corrected chi connectivity index (χ2v) is 6.00. The normalized spacial score (nSPS) is 16.7. The third-order valence-electron chi connectivity index (χ3n) is 4.48. The van der Waals surface area contributed by atoms with Crippen molar-refractivity contribution in [2.75, 3.05) is 34.4 Å². The van der Waals surface area contributed by atoms with Crippen LogP contribution in [0.5, 0.6) is 17.2 Å². The van der Waals surface area contributed by atoms with Crippen molar-refractivity contribution in [3.63, 3.8) is 0 Å². The molecule has 5 nitrogen and oxygen atoms in total. The Morgan fingerprint density at radius 2 is 1.72 bits per heavy atom. The maximum atomic E-state index is 6.06. The van der Waals surface area contributed by atoms with Crippen LogP contribution in [0.4, 0.5) is 0 Å². The molecular weight excluding hydrogens is 318 g/mol. The summed E-state index contributed by atoms with van der Waals surface area (Å²) < 4.78 is 22.4. The Kier molecular flexibility index (Phi) is 5.79. The molecular formula is C20H25NO4. The first-order chi connectivity index (χ1) is 12.3. The summed E-state index contributed by atoms with van der Waals surface area (Å²) in [4.78, 5) is 0. The molecule has 1 aliphatic rings. The van der Waals surface area contributed by atoms with Crippen LogP contribution in [-0.2, 0) is 11.3 Å². The van der Waals surface area contributed by atoms with Gasteiger partial charge in [-0.15, -0.1) is 0 Å². The number of hydrogen-bond donors (Lipinski definition) is 1. The smallest absolute Gasteiger partial charge is 0.203 e. The van der Waals surface area contributed by atoms with E-state index in [9.17, 15) is 0 Å². The highest BCUT2D eigenvalue weighted by Gasteiger charge is 2.18. The van der Waals surface area contributed by atoms with Crippen molar-refractivity contribution in [1.82, 2.24) is 5.32 Å². The summed E-state index contributed by atoms with van der Waals surface area (Å²) in [6.45, 7) is 2.53. The predicted octanol–water partition coefficient (Wildman–Crippen LogP) is 3.26. The summed E-state index contributed by atoms with van der Waals surface area (Å²) in [5.74, 6) is 1.89. The van der Waals surface area contributed by atoms with Crippen molar-refractivity contribution in [2.24, 2.45) is 0 Å². The van der Waals surface area contributed by atoms with Gasteiger partial charge >= 0.3 is 0 Å². The summed E-state index contributed by atoms with van der Waals surface area (Å²) in [5.41, 5.74) is 3.26. The van der Waals surface area contributed by atoms with Crippen LogP contribution in [0.1, 0.15) is 12.0 Å². The van der Waals surface area contributed by atoms with Crippen LogP contribution in [0.15, 0.2) is 36.4 Å². The van der Waals surface area contributed by atoms with E-state index in [1.54, 1.807) is 21.3 Å². The SMILES string of the molecule is COc1cc(-c2ccccc2COC2CCNC2)cc(OC)c1OC. The van der Waals surface area contributed by atoms with Crippen molar-refractivity contribution in [2.45, 2.75) is 19.1 Å². The molecule has 1 aliphatic heterocycles. The monoisotopic (exact) mass is 343 g/mol. The highest BCUT2D eigenvalue weighted by atomic mass is 16.5. The van der Waals surface area contributed by atoms with Gasteiger partial charge < -0.3 is 24.3 Å². The number of nitrogens with one attached hydrogen (secondary N) is 1. The topological polar surface area (TPSA) is 49.0 Å². The van der Waals surface area contributed by atoms with E-state index in [0.29, 0.717) is 23.9 Å². The maximum Gasteiger partial charge on any atom is 0.203 e. The van der Waals surface area contributed by atoms with Gasteiger partial charge in [0, 0.05) is 6.54 Å². The number of benzene rings is 2. The van der Waals surface area contributed by atoms with Gasteiger partial charge in [-0.05, 0) is 41.8 Å². The molecule has 1 unspecified atom stereocenters. The van der Waals surface area contributed by atoms with Gasteiger partial charge in [-0.2, -0.15) is 0 Å². The highest BCUT2D eigenvalue weighted by Crippen LogP contribution is 2.41.